The first-order chi connectivity index (χ1) is 11.8. The molecule has 1 aliphatic heterocycles. The lowest BCUT2D eigenvalue weighted by Crippen LogP contribution is -2.19. The maximum absolute atomic E-state index is 5.47. The van der Waals surface area contributed by atoms with Crippen molar-refractivity contribution in [1.82, 2.24) is 9.88 Å². The molecule has 2 aromatic heterocycles. The summed E-state index contributed by atoms with van der Waals surface area (Å²) in [5, 5.41) is 0. The van der Waals surface area contributed by atoms with Crippen LogP contribution in [-0.2, 0) is 6.54 Å². The Morgan fingerprint density at radius 2 is 2.08 bits per heavy atom. The highest BCUT2D eigenvalue weighted by Gasteiger charge is 2.24. The van der Waals surface area contributed by atoms with Gasteiger partial charge in [-0.15, -0.1) is 0 Å². The lowest BCUT2D eigenvalue weighted by Gasteiger charge is -2.15. The zero-order valence-corrected chi connectivity index (χ0v) is 14.0. The molecule has 3 heterocycles. The molecule has 3 heteroatoms. The van der Waals surface area contributed by atoms with Crippen LogP contribution in [0.5, 0.6) is 0 Å². The molecule has 1 fully saturated rings. The largest absolute Gasteiger partial charge is 0.468 e. The van der Waals surface area contributed by atoms with E-state index >= 15 is 0 Å². The van der Waals surface area contributed by atoms with E-state index in [0.717, 1.165) is 31.1 Å². The fourth-order valence-corrected chi connectivity index (χ4v) is 3.58. The SMILES string of the molecule is Cc1ccccc1-c1cc([C@@H]2CCN(Cc3ccco3)C2)ccn1. The lowest BCUT2D eigenvalue weighted by atomic mass is 9.96. The predicted octanol–water partition coefficient (Wildman–Crippen LogP) is 4.64. The topological polar surface area (TPSA) is 29.3 Å². The molecule has 0 unspecified atom stereocenters. The van der Waals surface area contributed by atoms with E-state index in [1.165, 1.54) is 23.1 Å². The third-order valence-electron chi connectivity index (χ3n) is 4.91. The highest BCUT2D eigenvalue weighted by atomic mass is 16.3. The number of hydrogen-bond donors (Lipinski definition) is 0. The highest BCUT2D eigenvalue weighted by molar-refractivity contribution is 5.63. The molecule has 0 saturated carbocycles. The van der Waals surface area contributed by atoms with Crippen LogP contribution < -0.4 is 0 Å². The molecule has 1 saturated heterocycles. The van der Waals surface area contributed by atoms with Gasteiger partial charge in [0, 0.05) is 18.3 Å². The molecule has 1 aromatic carbocycles. The average molecular weight is 318 g/mol. The number of rotatable bonds is 4. The number of aryl methyl sites for hydroxylation is 1. The summed E-state index contributed by atoms with van der Waals surface area (Å²) in [6.07, 6.45) is 4.89. The van der Waals surface area contributed by atoms with Crippen LogP contribution in [-0.4, -0.2) is 23.0 Å². The number of furan rings is 1. The summed E-state index contributed by atoms with van der Waals surface area (Å²) < 4.78 is 5.47. The van der Waals surface area contributed by atoms with Crippen LogP contribution in [0.15, 0.2) is 65.4 Å². The molecule has 1 atom stereocenters. The summed E-state index contributed by atoms with van der Waals surface area (Å²) in [6, 6.07) is 16.9. The molecule has 4 rings (SSSR count). The monoisotopic (exact) mass is 318 g/mol. The summed E-state index contributed by atoms with van der Waals surface area (Å²) in [7, 11) is 0. The normalized spacial score (nSPS) is 18.1. The molecule has 1 aliphatic rings. The molecule has 24 heavy (non-hydrogen) atoms. The second-order valence-corrected chi connectivity index (χ2v) is 6.59. The van der Waals surface area contributed by atoms with E-state index in [9.17, 15) is 0 Å². The number of likely N-dealkylation sites (tertiary alicyclic amines) is 1. The van der Waals surface area contributed by atoms with E-state index < -0.39 is 0 Å². The van der Waals surface area contributed by atoms with Gasteiger partial charge in [-0.1, -0.05) is 24.3 Å². The third kappa shape index (κ3) is 3.13. The van der Waals surface area contributed by atoms with Crippen LogP contribution in [0.4, 0.5) is 0 Å². The minimum Gasteiger partial charge on any atom is -0.468 e. The van der Waals surface area contributed by atoms with Crippen LogP contribution >= 0.6 is 0 Å². The first kappa shape index (κ1) is 15.2. The first-order valence-corrected chi connectivity index (χ1v) is 8.56. The second kappa shape index (κ2) is 6.62. The minimum atomic E-state index is 0.575. The van der Waals surface area contributed by atoms with Crippen LogP contribution in [0.2, 0.25) is 0 Å². The van der Waals surface area contributed by atoms with Gasteiger partial charge in [-0.3, -0.25) is 9.88 Å². The van der Waals surface area contributed by atoms with Crippen LogP contribution in [0.1, 0.15) is 29.2 Å². The Morgan fingerprint density at radius 1 is 1.17 bits per heavy atom. The highest BCUT2D eigenvalue weighted by Crippen LogP contribution is 2.30. The Labute approximate surface area is 143 Å². The fraction of sp³-hybridized carbons (Fsp3) is 0.286. The van der Waals surface area contributed by atoms with Crippen molar-refractivity contribution in [1.29, 1.82) is 0 Å². The molecule has 0 bridgehead atoms. The number of hydrogen-bond acceptors (Lipinski definition) is 3. The lowest BCUT2D eigenvalue weighted by molar-refractivity contribution is 0.294. The molecule has 0 spiro atoms. The Balaban J connectivity index is 1.51. The third-order valence-corrected chi connectivity index (χ3v) is 4.91. The van der Waals surface area contributed by atoms with E-state index in [1.54, 1.807) is 6.26 Å². The number of benzene rings is 1. The molecule has 0 N–H and O–H groups in total. The van der Waals surface area contributed by atoms with Gasteiger partial charge >= 0.3 is 0 Å². The zero-order valence-electron chi connectivity index (χ0n) is 14.0. The van der Waals surface area contributed by atoms with E-state index in [0.29, 0.717) is 5.92 Å². The quantitative estimate of drug-likeness (QED) is 0.702. The van der Waals surface area contributed by atoms with Gasteiger partial charge in [0.05, 0.1) is 18.5 Å². The summed E-state index contributed by atoms with van der Waals surface area (Å²) in [5.41, 5.74) is 4.97. The summed E-state index contributed by atoms with van der Waals surface area (Å²) in [6.45, 7) is 5.24. The standard InChI is InChI=1S/C21H22N2O/c1-16-5-2-3-7-20(16)21-13-17(8-10-22-21)18-9-11-23(14-18)15-19-6-4-12-24-19/h2-8,10,12-13,18H,9,11,14-15H2,1H3/t18-/m1/s1. The van der Waals surface area contributed by atoms with Gasteiger partial charge in [0.15, 0.2) is 0 Å². The van der Waals surface area contributed by atoms with E-state index in [2.05, 4.69) is 59.3 Å². The average Bonchev–Trinajstić information content (AvgIpc) is 3.28. The van der Waals surface area contributed by atoms with Gasteiger partial charge in [0.1, 0.15) is 5.76 Å². The van der Waals surface area contributed by atoms with Crippen molar-refractivity contribution in [3.63, 3.8) is 0 Å². The molecule has 3 aromatic rings. The molecule has 0 aliphatic carbocycles. The predicted molar refractivity (Wildman–Crippen MR) is 95.8 cm³/mol. The van der Waals surface area contributed by atoms with Crippen molar-refractivity contribution in [2.75, 3.05) is 13.1 Å². The number of nitrogens with zero attached hydrogens (tertiary/aromatic N) is 2. The first-order valence-electron chi connectivity index (χ1n) is 8.56. The van der Waals surface area contributed by atoms with Crippen molar-refractivity contribution in [3.8, 4) is 11.3 Å². The number of pyridine rings is 1. The molecule has 122 valence electrons. The Kier molecular flexibility index (Phi) is 4.18. The van der Waals surface area contributed by atoms with Crippen molar-refractivity contribution in [2.45, 2.75) is 25.8 Å². The maximum atomic E-state index is 5.47. The Hall–Kier alpha value is -2.39. The van der Waals surface area contributed by atoms with Crippen molar-refractivity contribution >= 4 is 0 Å². The summed E-state index contributed by atoms with van der Waals surface area (Å²) in [4.78, 5) is 7.06. The van der Waals surface area contributed by atoms with Gasteiger partial charge in [0.25, 0.3) is 0 Å². The number of aromatic nitrogens is 1. The van der Waals surface area contributed by atoms with Gasteiger partial charge in [-0.25, -0.2) is 0 Å². The van der Waals surface area contributed by atoms with Gasteiger partial charge in [-0.05, 0) is 61.2 Å². The fourth-order valence-electron chi connectivity index (χ4n) is 3.58. The molecule has 0 amide bonds. The zero-order chi connectivity index (χ0) is 16.4. The Bertz CT molecular complexity index is 810. The second-order valence-electron chi connectivity index (χ2n) is 6.59. The van der Waals surface area contributed by atoms with Crippen molar-refractivity contribution in [2.24, 2.45) is 0 Å². The van der Waals surface area contributed by atoms with Crippen molar-refractivity contribution in [3.05, 3.63) is 77.9 Å². The molecular weight excluding hydrogens is 296 g/mol. The summed E-state index contributed by atoms with van der Waals surface area (Å²) in [5.74, 6) is 1.62. The van der Waals surface area contributed by atoms with E-state index in [-0.39, 0.29) is 0 Å². The molecule has 3 nitrogen and oxygen atoms in total. The van der Waals surface area contributed by atoms with Crippen LogP contribution in [0.25, 0.3) is 11.3 Å². The van der Waals surface area contributed by atoms with Gasteiger partial charge < -0.3 is 4.42 Å². The smallest absolute Gasteiger partial charge is 0.117 e. The van der Waals surface area contributed by atoms with Gasteiger partial charge in [-0.2, -0.15) is 0 Å². The minimum absolute atomic E-state index is 0.575. The Morgan fingerprint density at radius 3 is 2.92 bits per heavy atom. The maximum Gasteiger partial charge on any atom is 0.117 e. The van der Waals surface area contributed by atoms with Crippen molar-refractivity contribution < 1.29 is 4.42 Å². The molecule has 0 radical (unpaired) electrons. The molecular formula is C21H22N2O. The van der Waals surface area contributed by atoms with Crippen LogP contribution in [0.3, 0.4) is 0 Å². The van der Waals surface area contributed by atoms with Gasteiger partial charge in [0.2, 0.25) is 0 Å². The van der Waals surface area contributed by atoms with E-state index in [4.69, 9.17) is 4.42 Å². The summed E-state index contributed by atoms with van der Waals surface area (Å²) >= 11 is 0. The van der Waals surface area contributed by atoms with Crippen LogP contribution in [0, 0.1) is 6.92 Å². The van der Waals surface area contributed by atoms with E-state index in [1.807, 2.05) is 12.3 Å².